The molecule has 10 nitrogen and oxygen atoms in total. The average Bonchev–Trinajstić information content (AvgIpc) is 3.34. The summed E-state index contributed by atoms with van der Waals surface area (Å²) in [6, 6.07) is 12.3. The molecule has 3 aliphatic heterocycles. The number of nitrogens with zero attached hydrogens (tertiary/aromatic N) is 5. The van der Waals surface area contributed by atoms with E-state index in [9.17, 15) is 16.8 Å². The maximum atomic E-state index is 14.4. The van der Waals surface area contributed by atoms with E-state index in [1.54, 1.807) is 55.8 Å². The van der Waals surface area contributed by atoms with Crippen molar-refractivity contribution in [2.75, 3.05) is 26.9 Å². The number of hydrogen-bond donors (Lipinski definition) is 0. The van der Waals surface area contributed by atoms with E-state index in [0.717, 1.165) is 23.2 Å². The first-order valence-electron chi connectivity index (χ1n) is 13.0. The van der Waals surface area contributed by atoms with Crippen LogP contribution in [-0.2, 0) is 24.9 Å². The molecule has 212 valence electrons. The van der Waals surface area contributed by atoms with Crippen LogP contribution in [0.2, 0.25) is 0 Å². The second kappa shape index (κ2) is 10.4. The van der Waals surface area contributed by atoms with Gasteiger partial charge in [0.25, 0.3) is 20.0 Å². The lowest BCUT2D eigenvalue weighted by molar-refractivity contribution is -0.0971. The van der Waals surface area contributed by atoms with Gasteiger partial charge in [-0.2, -0.15) is 3.71 Å². The van der Waals surface area contributed by atoms with Gasteiger partial charge in [0.15, 0.2) is 0 Å². The van der Waals surface area contributed by atoms with Crippen molar-refractivity contribution in [2.45, 2.75) is 43.9 Å². The highest BCUT2D eigenvalue weighted by Gasteiger charge is 2.45. The minimum atomic E-state index is -4.59. The summed E-state index contributed by atoms with van der Waals surface area (Å²) >= 11 is 0. The lowest BCUT2D eigenvalue weighted by Crippen LogP contribution is -2.46. The van der Waals surface area contributed by atoms with Gasteiger partial charge in [-0.25, -0.2) is 26.9 Å². The van der Waals surface area contributed by atoms with Crippen LogP contribution in [0.4, 0.5) is 0 Å². The molecule has 0 aliphatic carbocycles. The Bertz CT molecular complexity index is 1580. The molecule has 0 N–H and O–H groups in total. The predicted octanol–water partition coefficient (Wildman–Crippen LogP) is 3.91. The zero-order chi connectivity index (χ0) is 28.8. The van der Waals surface area contributed by atoms with Crippen LogP contribution in [-0.4, -0.2) is 68.5 Å². The summed E-state index contributed by atoms with van der Waals surface area (Å²) in [4.78, 5) is 13.9. The van der Waals surface area contributed by atoms with Crippen LogP contribution in [0, 0.1) is 13.8 Å². The molecule has 0 amide bonds. The molecule has 2 aromatic carbocycles. The fourth-order valence-corrected chi connectivity index (χ4v) is 8.86. The monoisotopic (exact) mass is 583 g/mol. The van der Waals surface area contributed by atoms with Gasteiger partial charge in [-0.05, 0) is 57.0 Å². The number of fused-ring (bicyclic) bond motifs is 2. The van der Waals surface area contributed by atoms with Gasteiger partial charge in [-0.15, -0.1) is 0 Å². The SMILES string of the molecule is CCCN1CC(C)=C(N(S(=O)(=O)c2ccc(C)cc2)S(=O)(=O)c2ccc(C)cc2)C2=C1N1CN(OC)C=C1C=N2. The Morgan fingerprint density at radius 3 is 1.95 bits per heavy atom. The van der Waals surface area contributed by atoms with E-state index >= 15 is 0 Å². The number of hydroxylamine groups is 2. The van der Waals surface area contributed by atoms with Gasteiger partial charge in [0.1, 0.15) is 18.2 Å². The number of aliphatic imine (C=N–C) groups is 1. The fraction of sp³-hybridized carbons (Fsp3) is 0.321. The van der Waals surface area contributed by atoms with Gasteiger partial charge in [0, 0.05) is 13.1 Å². The topological polar surface area (TPSA) is 103 Å². The highest BCUT2D eigenvalue weighted by molar-refractivity contribution is 8.04. The lowest BCUT2D eigenvalue weighted by atomic mass is 10.1. The molecule has 40 heavy (non-hydrogen) atoms. The molecule has 0 fully saturated rings. The zero-order valence-corrected chi connectivity index (χ0v) is 24.8. The van der Waals surface area contributed by atoms with Crippen LogP contribution in [0.15, 0.2) is 98.0 Å². The van der Waals surface area contributed by atoms with Crippen molar-refractivity contribution in [3.8, 4) is 0 Å². The van der Waals surface area contributed by atoms with E-state index in [1.165, 1.54) is 24.3 Å². The predicted molar refractivity (Wildman–Crippen MR) is 152 cm³/mol. The molecule has 3 heterocycles. The van der Waals surface area contributed by atoms with Crippen molar-refractivity contribution in [2.24, 2.45) is 4.99 Å². The number of allylic oxidation sites excluding steroid dienone is 1. The Hall–Kier alpha value is -3.61. The molecule has 3 aliphatic rings. The van der Waals surface area contributed by atoms with E-state index in [-0.39, 0.29) is 21.2 Å². The van der Waals surface area contributed by atoms with E-state index in [1.807, 2.05) is 18.7 Å². The fourth-order valence-electron chi connectivity index (χ4n) is 5.00. The van der Waals surface area contributed by atoms with Crippen LogP contribution in [0.1, 0.15) is 31.4 Å². The number of hydrogen-bond acceptors (Lipinski definition) is 9. The Morgan fingerprint density at radius 2 is 1.45 bits per heavy atom. The molecular formula is C28H33N5O5S2. The number of aryl methyl sites for hydroxylation is 2. The zero-order valence-electron chi connectivity index (χ0n) is 23.2. The molecule has 12 heteroatoms. The number of rotatable bonds is 8. The van der Waals surface area contributed by atoms with Crippen molar-refractivity contribution >= 4 is 26.3 Å². The normalized spacial score (nSPS) is 17.3. The summed E-state index contributed by atoms with van der Waals surface area (Å²) in [5.41, 5.74) is 3.36. The van der Waals surface area contributed by atoms with E-state index in [2.05, 4.69) is 16.8 Å². The molecule has 0 bridgehead atoms. The van der Waals surface area contributed by atoms with Crippen molar-refractivity contribution in [3.05, 3.63) is 94.3 Å². The Labute approximate surface area is 236 Å². The lowest BCUT2D eigenvalue weighted by Gasteiger charge is -2.42. The third kappa shape index (κ3) is 4.69. The van der Waals surface area contributed by atoms with Crippen LogP contribution >= 0.6 is 0 Å². The van der Waals surface area contributed by atoms with Crippen LogP contribution in [0.25, 0.3) is 0 Å². The molecule has 0 atom stereocenters. The summed E-state index contributed by atoms with van der Waals surface area (Å²) in [5, 5.41) is 1.64. The largest absolute Gasteiger partial charge is 0.352 e. The number of benzene rings is 2. The first-order chi connectivity index (χ1) is 19.0. The average molecular weight is 584 g/mol. The van der Waals surface area contributed by atoms with Crippen molar-refractivity contribution in [1.29, 1.82) is 0 Å². The van der Waals surface area contributed by atoms with E-state index in [0.29, 0.717) is 34.9 Å². The molecular weight excluding hydrogens is 550 g/mol. The van der Waals surface area contributed by atoms with Crippen LogP contribution < -0.4 is 0 Å². The van der Waals surface area contributed by atoms with Crippen LogP contribution in [0.3, 0.4) is 0 Å². The minimum Gasteiger partial charge on any atom is -0.352 e. The molecule has 0 unspecified atom stereocenters. The highest BCUT2D eigenvalue weighted by Crippen LogP contribution is 2.42. The van der Waals surface area contributed by atoms with Crippen LogP contribution in [0.5, 0.6) is 0 Å². The molecule has 5 rings (SSSR count). The van der Waals surface area contributed by atoms with Gasteiger partial charge in [-0.3, -0.25) is 4.84 Å². The molecule has 0 aromatic heterocycles. The molecule has 0 spiro atoms. The van der Waals surface area contributed by atoms with Gasteiger partial charge < -0.3 is 9.80 Å². The van der Waals surface area contributed by atoms with Crippen molar-refractivity contribution < 1.29 is 21.7 Å². The summed E-state index contributed by atoms with van der Waals surface area (Å²) in [7, 11) is -7.62. The standard InChI is InChI=1S/C28H33N5O5S2/c1-6-15-30-17-22(4)27(26-28(30)32-19-31(38-5)18-23(32)16-29-26)33(39(34,35)24-11-7-20(2)8-12-24)40(36,37)25-13-9-21(3)10-14-25/h7-14,16,18H,6,15,17,19H2,1-5H3. The second-order valence-corrected chi connectivity index (χ2v) is 13.8. The maximum Gasteiger partial charge on any atom is 0.277 e. The maximum absolute atomic E-state index is 14.4. The quantitative estimate of drug-likeness (QED) is 0.461. The first kappa shape index (κ1) is 27.9. The van der Waals surface area contributed by atoms with Crippen molar-refractivity contribution in [1.82, 2.24) is 18.6 Å². The van der Waals surface area contributed by atoms with Gasteiger partial charge >= 0.3 is 0 Å². The first-order valence-corrected chi connectivity index (χ1v) is 15.8. The van der Waals surface area contributed by atoms with Gasteiger partial charge in [0.05, 0.1) is 40.7 Å². The van der Waals surface area contributed by atoms with E-state index in [4.69, 9.17) is 4.84 Å². The highest BCUT2D eigenvalue weighted by atomic mass is 32.3. The molecule has 0 saturated carbocycles. The summed E-state index contributed by atoms with van der Waals surface area (Å²) < 4.78 is 58.0. The Kier molecular flexibility index (Phi) is 7.28. The van der Waals surface area contributed by atoms with Gasteiger partial charge in [0.2, 0.25) is 0 Å². The number of sulfonamides is 2. The molecule has 0 radical (unpaired) electrons. The third-order valence-corrected chi connectivity index (χ3v) is 11.2. The summed E-state index contributed by atoms with van der Waals surface area (Å²) in [6.45, 7) is 8.84. The second-order valence-electron chi connectivity index (χ2n) is 10.0. The summed E-state index contributed by atoms with van der Waals surface area (Å²) in [6.07, 6.45) is 4.24. The Balaban J connectivity index is 1.77. The minimum absolute atomic E-state index is 0.0367. The van der Waals surface area contributed by atoms with E-state index < -0.39 is 20.0 Å². The van der Waals surface area contributed by atoms with Crippen molar-refractivity contribution in [3.63, 3.8) is 0 Å². The molecule has 0 saturated heterocycles. The van der Waals surface area contributed by atoms with Gasteiger partial charge in [-0.1, -0.05) is 42.3 Å². The Morgan fingerprint density at radius 1 is 0.900 bits per heavy atom. The smallest absolute Gasteiger partial charge is 0.277 e. The third-order valence-electron chi connectivity index (χ3n) is 7.00. The molecule has 2 aromatic rings. The summed E-state index contributed by atoms with van der Waals surface area (Å²) in [5.74, 6) is 0.638.